The Hall–Kier alpha value is -0.720. The molecule has 0 amide bonds. The summed E-state index contributed by atoms with van der Waals surface area (Å²) in [5.74, 6) is 0. The molecule has 0 aromatic rings. The normalized spacial score (nSPS) is 17.9. The summed E-state index contributed by atoms with van der Waals surface area (Å²) in [4.78, 5) is 19.4. The lowest BCUT2D eigenvalue weighted by Crippen LogP contribution is -2.33. The van der Waals surface area contributed by atoms with Gasteiger partial charge in [-0.25, -0.2) is 0 Å². The molecule has 0 aliphatic heterocycles. The maximum Gasteiger partial charge on any atom is 0.278 e. The highest BCUT2D eigenvalue weighted by Crippen LogP contribution is 2.24. The zero-order valence-corrected chi connectivity index (χ0v) is 8.28. The van der Waals surface area contributed by atoms with Gasteiger partial charge in [0.15, 0.2) is 0 Å². The number of rotatable bonds is 4. The molecule has 0 aliphatic rings. The molecular formula is C5H9BrN2O4. The highest BCUT2D eigenvalue weighted by atomic mass is 79.9. The smallest absolute Gasteiger partial charge is 0.264 e. The molecule has 7 heteroatoms. The predicted octanol–water partition coefficient (Wildman–Crippen LogP) is 1.43. The molecule has 0 radical (unpaired) electrons. The number of halogens is 1. The van der Waals surface area contributed by atoms with Crippen LogP contribution in [0.2, 0.25) is 0 Å². The first kappa shape index (κ1) is 11.3. The van der Waals surface area contributed by atoms with E-state index in [1.165, 1.54) is 13.8 Å². The Labute approximate surface area is 77.4 Å². The molecular weight excluding hydrogens is 232 g/mol. The third kappa shape index (κ3) is 3.12. The number of alkyl halides is 1. The first-order valence-electron chi connectivity index (χ1n) is 3.24. The second-order valence-electron chi connectivity index (χ2n) is 2.74. The third-order valence-electron chi connectivity index (χ3n) is 1.41. The highest BCUT2D eigenvalue weighted by Gasteiger charge is 2.39. The molecule has 70 valence electrons. The Morgan fingerprint density at radius 1 is 1.50 bits per heavy atom. The summed E-state index contributed by atoms with van der Waals surface area (Å²) >= 11 is 2.81. The van der Waals surface area contributed by atoms with Gasteiger partial charge in [0.05, 0.1) is 6.42 Å². The first-order valence-corrected chi connectivity index (χ1v) is 4.03. The molecule has 0 aromatic carbocycles. The van der Waals surface area contributed by atoms with Crippen LogP contribution in [0.15, 0.2) is 0 Å². The van der Waals surface area contributed by atoms with Crippen LogP contribution in [-0.4, -0.2) is 20.3 Å². The summed E-state index contributed by atoms with van der Waals surface area (Å²) in [6.07, 6.45) is -0.132. The van der Waals surface area contributed by atoms with Crippen molar-refractivity contribution < 1.29 is 9.85 Å². The van der Waals surface area contributed by atoms with Gasteiger partial charge in [-0.3, -0.25) is 20.2 Å². The van der Waals surface area contributed by atoms with Crippen LogP contribution < -0.4 is 0 Å². The fourth-order valence-corrected chi connectivity index (χ4v) is 1.16. The molecule has 0 heterocycles. The average Bonchev–Trinajstić information content (AvgIpc) is 1.85. The summed E-state index contributed by atoms with van der Waals surface area (Å²) in [6.45, 7) is 2.63. The van der Waals surface area contributed by atoms with Gasteiger partial charge in [0.1, 0.15) is 0 Å². The fraction of sp³-hybridized carbons (Fsp3) is 1.00. The van der Waals surface area contributed by atoms with E-state index in [0.717, 1.165) is 0 Å². The van der Waals surface area contributed by atoms with Crippen molar-refractivity contribution in [1.29, 1.82) is 0 Å². The van der Waals surface area contributed by atoms with Crippen LogP contribution in [0.25, 0.3) is 0 Å². The minimum absolute atomic E-state index is 0.132. The van der Waals surface area contributed by atoms with Crippen LogP contribution in [0.1, 0.15) is 20.3 Å². The lowest BCUT2D eigenvalue weighted by Gasteiger charge is -2.13. The van der Waals surface area contributed by atoms with E-state index in [-0.39, 0.29) is 6.42 Å². The van der Waals surface area contributed by atoms with E-state index >= 15 is 0 Å². The van der Waals surface area contributed by atoms with E-state index in [9.17, 15) is 20.2 Å². The van der Waals surface area contributed by atoms with Gasteiger partial charge in [-0.2, -0.15) is 0 Å². The lowest BCUT2D eigenvalue weighted by molar-refractivity contribution is -0.563. The van der Waals surface area contributed by atoms with Crippen molar-refractivity contribution in [2.24, 2.45) is 0 Å². The molecule has 6 nitrogen and oxygen atoms in total. The van der Waals surface area contributed by atoms with Crippen LogP contribution in [0.3, 0.4) is 0 Å². The van der Waals surface area contributed by atoms with E-state index in [4.69, 9.17) is 0 Å². The van der Waals surface area contributed by atoms with Gasteiger partial charge in [-0.05, 0) is 0 Å². The summed E-state index contributed by atoms with van der Waals surface area (Å²) < 4.78 is -1.40. The van der Waals surface area contributed by atoms with E-state index in [1.54, 1.807) is 0 Å². The van der Waals surface area contributed by atoms with E-state index in [2.05, 4.69) is 15.9 Å². The van der Waals surface area contributed by atoms with Gasteiger partial charge in [-0.15, -0.1) is 0 Å². The molecule has 12 heavy (non-hydrogen) atoms. The second kappa shape index (κ2) is 3.79. The van der Waals surface area contributed by atoms with Gasteiger partial charge in [0.25, 0.3) is 4.45 Å². The maximum absolute atomic E-state index is 10.3. The molecule has 0 aromatic heterocycles. The number of nitro groups is 2. The minimum atomic E-state index is -1.40. The number of nitrogens with zero attached hydrogens (tertiary/aromatic N) is 2. The zero-order valence-electron chi connectivity index (χ0n) is 6.69. The average molecular weight is 241 g/mol. The van der Waals surface area contributed by atoms with E-state index in [1.807, 2.05) is 0 Å². The molecule has 2 atom stereocenters. The molecule has 0 aliphatic carbocycles. The van der Waals surface area contributed by atoms with Gasteiger partial charge in [0.2, 0.25) is 6.04 Å². The first-order chi connectivity index (χ1) is 5.27. The minimum Gasteiger partial charge on any atom is -0.264 e. The summed E-state index contributed by atoms with van der Waals surface area (Å²) in [5, 5.41) is 20.5. The number of hydrogen-bond acceptors (Lipinski definition) is 4. The largest absolute Gasteiger partial charge is 0.278 e. The number of hydrogen-bond donors (Lipinski definition) is 0. The van der Waals surface area contributed by atoms with Gasteiger partial charge >= 0.3 is 0 Å². The van der Waals surface area contributed by atoms with Gasteiger partial charge < -0.3 is 0 Å². The zero-order chi connectivity index (χ0) is 9.94. The summed E-state index contributed by atoms with van der Waals surface area (Å²) in [6, 6.07) is -0.917. The topological polar surface area (TPSA) is 86.3 Å². The van der Waals surface area contributed by atoms with Crippen molar-refractivity contribution in [3.05, 3.63) is 20.2 Å². The van der Waals surface area contributed by atoms with Crippen molar-refractivity contribution in [2.75, 3.05) is 0 Å². The van der Waals surface area contributed by atoms with Crippen molar-refractivity contribution in [2.45, 2.75) is 30.8 Å². The second-order valence-corrected chi connectivity index (χ2v) is 4.45. The van der Waals surface area contributed by atoms with Crippen LogP contribution in [0, 0.1) is 20.2 Å². The predicted molar refractivity (Wildman–Crippen MR) is 45.4 cm³/mol. The quantitative estimate of drug-likeness (QED) is 0.322. The molecule has 0 N–H and O–H groups in total. The summed E-state index contributed by atoms with van der Waals surface area (Å²) in [7, 11) is 0. The molecule has 2 unspecified atom stereocenters. The Balaban J connectivity index is 4.24. The fourth-order valence-electron chi connectivity index (χ4n) is 0.688. The van der Waals surface area contributed by atoms with Crippen molar-refractivity contribution in [3.63, 3.8) is 0 Å². The van der Waals surface area contributed by atoms with Crippen molar-refractivity contribution >= 4 is 15.9 Å². The molecule has 0 saturated heterocycles. The summed E-state index contributed by atoms with van der Waals surface area (Å²) in [5.41, 5.74) is 0. The van der Waals surface area contributed by atoms with Gasteiger partial charge in [-0.1, -0.05) is 0 Å². The molecule has 0 fully saturated rings. The van der Waals surface area contributed by atoms with E-state index in [0.29, 0.717) is 0 Å². The van der Waals surface area contributed by atoms with Crippen molar-refractivity contribution in [3.8, 4) is 0 Å². The molecule has 0 saturated carbocycles. The van der Waals surface area contributed by atoms with Crippen LogP contribution in [0.4, 0.5) is 0 Å². The van der Waals surface area contributed by atoms with E-state index < -0.39 is 20.3 Å². The molecule has 0 rings (SSSR count). The highest BCUT2D eigenvalue weighted by molar-refractivity contribution is 9.10. The monoisotopic (exact) mass is 240 g/mol. The maximum atomic E-state index is 10.3. The van der Waals surface area contributed by atoms with Crippen LogP contribution in [0.5, 0.6) is 0 Å². The molecule has 0 spiro atoms. The third-order valence-corrected chi connectivity index (χ3v) is 2.02. The standard InChI is InChI=1S/C5H9BrN2O4/c1-4(7(9)10)3-5(2,6)8(11)12/h4H,3H2,1-2H3. The SMILES string of the molecule is CC(CC(C)(Br)[N+](=O)[O-])[N+](=O)[O-]. The lowest BCUT2D eigenvalue weighted by atomic mass is 10.1. The Kier molecular flexibility index (Phi) is 3.56. The van der Waals surface area contributed by atoms with Crippen molar-refractivity contribution in [1.82, 2.24) is 0 Å². The Bertz CT molecular complexity index is 206. The Morgan fingerprint density at radius 3 is 2.17 bits per heavy atom. The Morgan fingerprint density at radius 2 is 1.92 bits per heavy atom. The molecule has 0 bridgehead atoms. The van der Waals surface area contributed by atoms with Crippen LogP contribution >= 0.6 is 15.9 Å². The van der Waals surface area contributed by atoms with Gasteiger partial charge in [0, 0.05) is 39.6 Å². The van der Waals surface area contributed by atoms with Crippen LogP contribution in [-0.2, 0) is 0 Å².